The summed E-state index contributed by atoms with van der Waals surface area (Å²) in [6, 6.07) is 5.50. The number of aliphatic imine (C=N–C) groups is 1. The van der Waals surface area contributed by atoms with E-state index >= 15 is 0 Å². The lowest BCUT2D eigenvalue weighted by molar-refractivity contribution is 0.0208. The van der Waals surface area contributed by atoms with Crippen LogP contribution in [0, 0.1) is 0 Å². The van der Waals surface area contributed by atoms with E-state index in [4.69, 9.17) is 33.9 Å². The highest BCUT2D eigenvalue weighted by molar-refractivity contribution is 6.35. The smallest absolute Gasteiger partial charge is 0.189 e. The minimum absolute atomic E-state index is 0.0306. The first-order valence-electron chi connectivity index (χ1n) is 10.3. The molecule has 0 bridgehead atoms. The van der Waals surface area contributed by atoms with Gasteiger partial charge in [0.1, 0.15) is 0 Å². The second-order valence-corrected chi connectivity index (χ2v) is 9.15. The summed E-state index contributed by atoms with van der Waals surface area (Å²) in [5, 5.41) is 4.57. The molecular weight excluding hydrogens is 393 g/mol. The molecule has 2 heterocycles. The number of halogens is 2. The summed E-state index contributed by atoms with van der Waals surface area (Å²) >= 11 is 12.3. The molecule has 0 amide bonds. The zero-order valence-electron chi connectivity index (χ0n) is 17.1. The number of hydrogen-bond acceptors (Lipinski definition) is 3. The van der Waals surface area contributed by atoms with Crippen LogP contribution in [0.15, 0.2) is 23.2 Å². The van der Waals surface area contributed by atoms with E-state index in [-0.39, 0.29) is 11.6 Å². The van der Waals surface area contributed by atoms with Gasteiger partial charge in [0, 0.05) is 15.6 Å². The maximum Gasteiger partial charge on any atom is 0.189 e. The van der Waals surface area contributed by atoms with Crippen LogP contribution in [0.4, 0.5) is 0 Å². The predicted molar refractivity (Wildman–Crippen MR) is 119 cm³/mol. The summed E-state index contributed by atoms with van der Waals surface area (Å²) in [7, 11) is 2.21. The largest absolute Gasteiger partial charge is 0.370 e. The normalized spacial score (nSPS) is 22.8. The Morgan fingerprint density at radius 1 is 1.18 bits per heavy atom. The van der Waals surface area contributed by atoms with Crippen LogP contribution in [-0.4, -0.2) is 61.1 Å². The molecule has 28 heavy (non-hydrogen) atoms. The summed E-state index contributed by atoms with van der Waals surface area (Å²) in [4.78, 5) is 9.88. The number of nitrogens with two attached hydrogens (primary N) is 1. The van der Waals surface area contributed by atoms with Gasteiger partial charge in [-0.1, -0.05) is 35.7 Å². The first-order valence-corrected chi connectivity index (χ1v) is 11.1. The molecule has 1 atom stereocenters. The Labute approximate surface area is 179 Å². The Hall–Kier alpha value is -1.01. The van der Waals surface area contributed by atoms with Gasteiger partial charge >= 0.3 is 0 Å². The van der Waals surface area contributed by atoms with Gasteiger partial charge in [-0.2, -0.15) is 0 Å². The van der Waals surface area contributed by atoms with Crippen LogP contribution in [0.3, 0.4) is 0 Å². The molecule has 0 radical (unpaired) electrons. The molecule has 2 saturated heterocycles. The van der Waals surface area contributed by atoms with Crippen molar-refractivity contribution in [3.05, 3.63) is 33.8 Å². The van der Waals surface area contributed by atoms with E-state index in [0.29, 0.717) is 16.0 Å². The summed E-state index contributed by atoms with van der Waals surface area (Å²) in [5.41, 5.74) is 7.37. The lowest BCUT2D eigenvalue weighted by Crippen LogP contribution is -2.58. The minimum Gasteiger partial charge on any atom is -0.370 e. The molecule has 3 rings (SSSR count). The third-order valence-corrected chi connectivity index (χ3v) is 6.84. The van der Waals surface area contributed by atoms with Gasteiger partial charge in [0.25, 0.3) is 0 Å². The maximum atomic E-state index is 6.33. The average Bonchev–Trinajstić information content (AvgIpc) is 2.68. The first kappa shape index (κ1) is 21.7. The molecule has 0 aromatic heterocycles. The molecule has 0 saturated carbocycles. The van der Waals surface area contributed by atoms with E-state index in [1.165, 1.54) is 32.4 Å². The van der Waals surface area contributed by atoms with Crippen molar-refractivity contribution in [3.8, 4) is 0 Å². The van der Waals surface area contributed by atoms with Crippen LogP contribution >= 0.6 is 23.2 Å². The monoisotopic (exact) mass is 425 g/mol. The Morgan fingerprint density at radius 3 is 2.50 bits per heavy atom. The van der Waals surface area contributed by atoms with E-state index in [2.05, 4.69) is 22.2 Å². The topological polar surface area (TPSA) is 56.9 Å². The van der Waals surface area contributed by atoms with Gasteiger partial charge in [0.05, 0.1) is 12.6 Å². The summed E-state index contributed by atoms with van der Waals surface area (Å²) in [5.74, 6) is 0.480. The molecule has 7 heteroatoms. The number of rotatable bonds is 5. The second kappa shape index (κ2) is 9.66. The van der Waals surface area contributed by atoms with E-state index in [1.54, 1.807) is 6.07 Å². The van der Waals surface area contributed by atoms with Crippen LogP contribution in [-0.2, 0) is 0 Å². The molecule has 0 spiro atoms. The third-order valence-electron chi connectivity index (χ3n) is 6.28. The van der Waals surface area contributed by atoms with E-state index in [1.807, 2.05) is 19.1 Å². The van der Waals surface area contributed by atoms with Gasteiger partial charge in [-0.05, 0) is 83.5 Å². The van der Waals surface area contributed by atoms with Crippen molar-refractivity contribution in [2.45, 2.75) is 50.6 Å². The Morgan fingerprint density at radius 2 is 1.86 bits per heavy atom. The number of piperidine rings is 2. The van der Waals surface area contributed by atoms with Crippen molar-refractivity contribution in [1.29, 1.82) is 0 Å². The minimum atomic E-state index is -0.0306. The number of guanidine groups is 1. The van der Waals surface area contributed by atoms with Crippen LogP contribution in [0.2, 0.25) is 10.0 Å². The molecule has 1 aromatic rings. The third kappa shape index (κ3) is 5.32. The van der Waals surface area contributed by atoms with Crippen LogP contribution in [0.25, 0.3) is 0 Å². The fraction of sp³-hybridized carbons (Fsp3) is 0.667. The van der Waals surface area contributed by atoms with Crippen LogP contribution in [0.1, 0.15) is 50.6 Å². The predicted octanol–water partition coefficient (Wildman–Crippen LogP) is 3.91. The van der Waals surface area contributed by atoms with E-state index < -0.39 is 0 Å². The molecule has 3 N–H and O–H groups in total. The zero-order valence-corrected chi connectivity index (χ0v) is 18.6. The fourth-order valence-corrected chi connectivity index (χ4v) is 4.98. The molecule has 5 nitrogen and oxygen atoms in total. The van der Waals surface area contributed by atoms with Gasteiger partial charge in [0.15, 0.2) is 5.96 Å². The Kier molecular flexibility index (Phi) is 7.48. The first-order chi connectivity index (χ1) is 13.4. The fourth-order valence-electron chi connectivity index (χ4n) is 4.41. The Bertz CT molecular complexity index is 679. The summed E-state index contributed by atoms with van der Waals surface area (Å²) < 4.78 is 0. The quantitative estimate of drug-likeness (QED) is 0.554. The molecular formula is C21H33Cl2N5. The van der Waals surface area contributed by atoms with Gasteiger partial charge in [-0.25, -0.2) is 0 Å². The number of benzene rings is 1. The van der Waals surface area contributed by atoms with Crippen molar-refractivity contribution in [1.82, 2.24) is 15.1 Å². The lowest BCUT2D eigenvalue weighted by Gasteiger charge is -2.49. The molecule has 2 aliphatic rings. The molecule has 2 fully saturated rings. The number of nitrogens with one attached hydrogen (secondary N) is 1. The van der Waals surface area contributed by atoms with Crippen molar-refractivity contribution in [2.75, 3.05) is 39.8 Å². The number of likely N-dealkylation sites (tertiary alicyclic amines) is 2. The van der Waals surface area contributed by atoms with E-state index in [0.717, 1.165) is 38.0 Å². The van der Waals surface area contributed by atoms with Crippen molar-refractivity contribution in [3.63, 3.8) is 0 Å². The summed E-state index contributed by atoms with van der Waals surface area (Å²) in [6.07, 6.45) is 6.23. The SMILES string of the molecule is CC(NC(N)=NCC1(N2CCCCC2)CCN(C)CC1)c1ccc(Cl)cc1Cl. The Balaban J connectivity index is 1.67. The standard InChI is InChI=1S/C21H33Cl2N5/c1-16(18-7-6-17(22)14-19(18)23)26-20(24)25-15-21(8-12-27(2)13-9-21)28-10-4-3-5-11-28/h6-7,14,16H,3-5,8-13,15H2,1-2H3,(H3,24,25,26). The molecule has 156 valence electrons. The van der Waals surface area contributed by atoms with Crippen molar-refractivity contribution in [2.24, 2.45) is 10.7 Å². The average molecular weight is 426 g/mol. The van der Waals surface area contributed by atoms with Crippen LogP contribution < -0.4 is 11.1 Å². The van der Waals surface area contributed by atoms with Crippen molar-refractivity contribution >= 4 is 29.2 Å². The van der Waals surface area contributed by atoms with Gasteiger partial charge in [-0.15, -0.1) is 0 Å². The highest BCUT2D eigenvalue weighted by Crippen LogP contribution is 2.32. The number of nitrogens with zero attached hydrogens (tertiary/aromatic N) is 3. The zero-order chi connectivity index (χ0) is 20.1. The van der Waals surface area contributed by atoms with Crippen molar-refractivity contribution < 1.29 is 0 Å². The highest BCUT2D eigenvalue weighted by atomic mass is 35.5. The molecule has 2 aliphatic heterocycles. The maximum absolute atomic E-state index is 6.33. The van der Waals surface area contributed by atoms with Crippen LogP contribution in [0.5, 0.6) is 0 Å². The highest BCUT2D eigenvalue weighted by Gasteiger charge is 2.39. The summed E-state index contributed by atoms with van der Waals surface area (Å²) in [6.45, 7) is 7.40. The molecule has 0 aliphatic carbocycles. The van der Waals surface area contributed by atoms with Gasteiger partial charge in [0.2, 0.25) is 0 Å². The van der Waals surface area contributed by atoms with E-state index in [9.17, 15) is 0 Å². The number of hydrogen-bond donors (Lipinski definition) is 2. The lowest BCUT2D eigenvalue weighted by atomic mass is 9.84. The van der Waals surface area contributed by atoms with Gasteiger partial charge in [-0.3, -0.25) is 9.89 Å². The second-order valence-electron chi connectivity index (χ2n) is 8.31. The molecule has 1 unspecified atom stereocenters. The molecule has 1 aromatic carbocycles. The van der Waals surface area contributed by atoms with Gasteiger partial charge < -0.3 is 16.0 Å².